The van der Waals surface area contributed by atoms with Gasteiger partial charge in [0.1, 0.15) is 18.3 Å². The zero-order valence-electron chi connectivity index (χ0n) is 13.6. The van der Waals surface area contributed by atoms with E-state index in [2.05, 4.69) is 20.3 Å². The monoisotopic (exact) mass is 353 g/mol. The Balaban J connectivity index is 2.01. The molecule has 0 saturated carbocycles. The quantitative estimate of drug-likeness (QED) is 0.435. The van der Waals surface area contributed by atoms with Crippen LogP contribution >= 0.6 is 0 Å². The van der Waals surface area contributed by atoms with Crippen LogP contribution in [0.4, 0.5) is 5.95 Å². The number of hydrogen-bond donors (Lipinski definition) is 5. The molecule has 4 atom stereocenters. The SMILES string of the molecule is CC(C)C(=O)Nc1nc2c(ncn2[C@@H]2O[C@H](CO)[C@@H](O)[C@@H]2O)c(=O)[nH]1. The molecule has 1 saturated heterocycles. The smallest absolute Gasteiger partial charge is 0.280 e. The van der Waals surface area contributed by atoms with Crippen LogP contribution < -0.4 is 10.9 Å². The summed E-state index contributed by atoms with van der Waals surface area (Å²) in [6, 6.07) is 0. The van der Waals surface area contributed by atoms with Gasteiger partial charge in [0.2, 0.25) is 11.9 Å². The van der Waals surface area contributed by atoms with Gasteiger partial charge in [-0.05, 0) is 0 Å². The highest BCUT2D eigenvalue weighted by Crippen LogP contribution is 2.30. The molecule has 0 unspecified atom stereocenters. The molecule has 3 rings (SSSR count). The summed E-state index contributed by atoms with van der Waals surface area (Å²) >= 11 is 0. The van der Waals surface area contributed by atoms with E-state index in [1.807, 2.05) is 0 Å². The number of aromatic amines is 1. The number of nitrogens with one attached hydrogen (secondary N) is 2. The van der Waals surface area contributed by atoms with Crippen molar-refractivity contribution in [1.82, 2.24) is 19.5 Å². The normalized spacial score (nSPS) is 26.5. The molecule has 0 radical (unpaired) electrons. The third kappa shape index (κ3) is 3.02. The fraction of sp³-hybridized carbons (Fsp3) is 0.571. The van der Waals surface area contributed by atoms with E-state index in [1.165, 1.54) is 10.9 Å². The van der Waals surface area contributed by atoms with Crippen molar-refractivity contribution in [2.75, 3.05) is 11.9 Å². The fourth-order valence-electron chi connectivity index (χ4n) is 2.54. The van der Waals surface area contributed by atoms with Crippen molar-refractivity contribution < 1.29 is 24.9 Å². The molecular weight excluding hydrogens is 334 g/mol. The lowest BCUT2D eigenvalue weighted by molar-refractivity contribution is -0.118. The Morgan fingerprint density at radius 2 is 2.16 bits per heavy atom. The van der Waals surface area contributed by atoms with Crippen molar-refractivity contribution in [3.63, 3.8) is 0 Å². The van der Waals surface area contributed by atoms with Crippen molar-refractivity contribution in [3.8, 4) is 0 Å². The molecule has 1 fully saturated rings. The van der Waals surface area contributed by atoms with Crippen LogP contribution in [0.15, 0.2) is 11.1 Å². The Kier molecular flexibility index (Phi) is 4.56. The number of nitrogens with zero attached hydrogens (tertiary/aromatic N) is 3. The number of fused-ring (bicyclic) bond motifs is 1. The first kappa shape index (κ1) is 17.5. The van der Waals surface area contributed by atoms with Crippen LogP contribution in [-0.2, 0) is 9.53 Å². The van der Waals surface area contributed by atoms with Crippen molar-refractivity contribution in [3.05, 3.63) is 16.7 Å². The summed E-state index contributed by atoms with van der Waals surface area (Å²) in [5, 5.41) is 31.7. The number of carbonyl (C=O) groups is 1. The van der Waals surface area contributed by atoms with Crippen molar-refractivity contribution in [2.24, 2.45) is 5.92 Å². The number of aliphatic hydroxyl groups excluding tert-OH is 3. The second-order valence-corrected chi connectivity index (χ2v) is 6.11. The first-order valence-electron chi connectivity index (χ1n) is 7.73. The van der Waals surface area contributed by atoms with Gasteiger partial charge in [0.25, 0.3) is 5.56 Å². The number of ether oxygens (including phenoxy) is 1. The molecule has 11 nitrogen and oxygen atoms in total. The van der Waals surface area contributed by atoms with Crippen LogP contribution in [-0.4, -0.2) is 65.7 Å². The summed E-state index contributed by atoms with van der Waals surface area (Å²) in [5.74, 6) is -0.711. The maximum Gasteiger partial charge on any atom is 0.280 e. The third-order valence-corrected chi connectivity index (χ3v) is 3.99. The van der Waals surface area contributed by atoms with Crippen molar-refractivity contribution in [2.45, 2.75) is 38.4 Å². The van der Waals surface area contributed by atoms with E-state index < -0.39 is 36.7 Å². The Morgan fingerprint density at radius 3 is 2.76 bits per heavy atom. The van der Waals surface area contributed by atoms with E-state index >= 15 is 0 Å². The zero-order chi connectivity index (χ0) is 18.3. The lowest BCUT2D eigenvalue weighted by atomic mass is 10.1. The topological polar surface area (TPSA) is 163 Å². The number of aliphatic hydroxyl groups is 3. The number of rotatable bonds is 4. The van der Waals surface area contributed by atoms with Crippen molar-refractivity contribution >= 4 is 23.0 Å². The van der Waals surface area contributed by atoms with E-state index in [4.69, 9.17) is 4.74 Å². The van der Waals surface area contributed by atoms with Gasteiger partial charge in [-0.3, -0.25) is 24.5 Å². The molecule has 1 aliphatic rings. The summed E-state index contributed by atoms with van der Waals surface area (Å²) in [5.41, 5.74) is -0.521. The summed E-state index contributed by atoms with van der Waals surface area (Å²) in [4.78, 5) is 34.4. The molecular formula is C14H19N5O6. The largest absolute Gasteiger partial charge is 0.394 e. The van der Waals surface area contributed by atoms with Gasteiger partial charge in [-0.25, -0.2) is 4.98 Å². The maximum atomic E-state index is 12.1. The fourth-order valence-corrected chi connectivity index (χ4v) is 2.54. The second kappa shape index (κ2) is 6.52. The van der Waals surface area contributed by atoms with Gasteiger partial charge in [-0.2, -0.15) is 4.98 Å². The van der Waals surface area contributed by atoms with E-state index in [0.29, 0.717) is 0 Å². The predicted molar refractivity (Wildman–Crippen MR) is 84.6 cm³/mol. The van der Waals surface area contributed by atoms with Crippen LogP contribution in [0.3, 0.4) is 0 Å². The van der Waals surface area contributed by atoms with Gasteiger partial charge in [0.05, 0.1) is 12.9 Å². The zero-order valence-corrected chi connectivity index (χ0v) is 13.6. The van der Waals surface area contributed by atoms with Crippen LogP contribution in [0.1, 0.15) is 20.1 Å². The minimum absolute atomic E-state index is 0.0136. The summed E-state index contributed by atoms with van der Waals surface area (Å²) < 4.78 is 6.70. The minimum atomic E-state index is -1.34. The average molecular weight is 353 g/mol. The first-order chi connectivity index (χ1) is 11.8. The second-order valence-electron chi connectivity index (χ2n) is 6.11. The maximum absolute atomic E-state index is 12.1. The van der Waals surface area contributed by atoms with Crippen LogP contribution in [0.2, 0.25) is 0 Å². The Hall–Kier alpha value is -2.34. The van der Waals surface area contributed by atoms with E-state index in [9.17, 15) is 24.9 Å². The molecule has 0 bridgehead atoms. The highest BCUT2D eigenvalue weighted by atomic mass is 16.6. The van der Waals surface area contributed by atoms with Crippen LogP contribution in [0.5, 0.6) is 0 Å². The standard InChI is InChI=1S/C14H19N5O6/c1-5(2)11(23)17-14-16-10-7(12(24)18-14)15-4-19(10)13-9(22)8(21)6(3-20)25-13/h4-6,8-9,13,20-22H,3H2,1-2H3,(H2,16,17,18,23,24)/t6-,8-,9+,13-/m1/s1. The summed E-state index contributed by atoms with van der Waals surface area (Å²) in [6.45, 7) is 2.90. The average Bonchev–Trinajstić information content (AvgIpc) is 3.10. The molecule has 0 aliphatic carbocycles. The molecule has 1 amide bonds. The highest BCUT2D eigenvalue weighted by molar-refractivity contribution is 5.91. The number of amides is 1. The van der Waals surface area contributed by atoms with Crippen molar-refractivity contribution in [1.29, 1.82) is 0 Å². The molecule has 5 N–H and O–H groups in total. The van der Waals surface area contributed by atoms with Gasteiger partial charge in [-0.15, -0.1) is 0 Å². The van der Waals surface area contributed by atoms with Crippen LogP contribution in [0, 0.1) is 5.92 Å². The van der Waals surface area contributed by atoms with Gasteiger partial charge >= 0.3 is 0 Å². The first-order valence-corrected chi connectivity index (χ1v) is 7.73. The Bertz CT molecular complexity index is 846. The number of hydrogen-bond acceptors (Lipinski definition) is 8. The van der Waals surface area contributed by atoms with E-state index in [1.54, 1.807) is 13.8 Å². The number of carbonyl (C=O) groups excluding carboxylic acids is 1. The van der Waals surface area contributed by atoms with Gasteiger partial charge in [-0.1, -0.05) is 13.8 Å². The molecule has 136 valence electrons. The highest BCUT2D eigenvalue weighted by Gasteiger charge is 2.44. The number of anilines is 1. The lowest BCUT2D eigenvalue weighted by Crippen LogP contribution is -2.33. The predicted octanol–water partition coefficient (Wildman–Crippen LogP) is -1.67. The Morgan fingerprint density at radius 1 is 1.44 bits per heavy atom. The molecule has 1 aliphatic heterocycles. The summed E-state index contributed by atoms with van der Waals surface area (Å²) in [6.07, 6.45) is -3.46. The van der Waals surface area contributed by atoms with E-state index in [0.717, 1.165) is 0 Å². The number of aromatic nitrogens is 4. The molecule has 0 aromatic carbocycles. The summed E-state index contributed by atoms with van der Waals surface area (Å²) in [7, 11) is 0. The third-order valence-electron chi connectivity index (χ3n) is 3.99. The molecule has 2 aromatic rings. The van der Waals surface area contributed by atoms with E-state index in [-0.39, 0.29) is 28.9 Å². The molecule has 2 aromatic heterocycles. The molecule has 3 heterocycles. The van der Waals surface area contributed by atoms with Gasteiger partial charge < -0.3 is 20.1 Å². The molecule has 11 heteroatoms. The lowest BCUT2D eigenvalue weighted by Gasteiger charge is -2.16. The number of imidazole rings is 1. The number of H-pyrrole nitrogens is 1. The minimum Gasteiger partial charge on any atom is -0.394 e. The van der Waals surface area contributed by atoms with Gasteiger partial charge in [0, 0.05) is 5.92 Å². The molecule has 0 spiro atoms. The van der Waals surface area contributed by atoms with Gasteiger partial charge in [0.15, 0.2) is 17.4 Å². The molecule has 25 heavy (non-hydrogen) atoms. The van der Waals surface area contributed by atoms with Crippen LogP contribution in [0.25, 0.3) is 11.2 Å². The Labute approximate surface area is 141 Å².